The van der Waals surface area contributed by atoms with Crippen LogP contribution in [0.5, 0.6) is 11.5 Å². The van der Waals surface area contributed by atoms with E-state index in [9.17, 15) is 19.2 Å². The lowest BCUT2D eigenvalue weighted by Gasteiger charge is -2.26. The van der Waals surface area contributed by atoms with Gasteiger partial charge in [-0.25, -0.2) is 14.5 Å². The molecule has 0 aromatic heterocycles. The van der Waals surface area contributed by atoms with Crippen molar-refractivity contribution >= 4 is 51.5 Å². The van der Waals surface area contributed by atoms with Crippen LogP contribution < -0.4 is 19.7 Å². The van der Waals surface area contributed by atoms with Gasteiger partial charge in [0.1, 0.15) is 5.57 Å². The minimum absolute atomic E-state index is 0.185. The molecule has 2 aromatic carbocycles. The number of barbiturate groups is 1. The zero-order chi connectivity index (χ0) is 22.7. The maximum Gasteiger partial charge on any atom is 0.344 e. The highest BCUT2D eigenvalue weighted by Gasteiger charge is 2.36. The van der Waals surface area contributed by atoms with Crippen LogP contribution in [0.25, 0.3) is 6.08 Å². The molecule has 0 aliphatic carbocycles. The predicted octanol–water partition coefficient (Wildman–Crippen LogP) is 2.98. The van der Waals surface area contributed by atoms with E-state index in [-0.39, 0.29) is 17.1 Å². The number of rotatable bonds is 6. The largest absolute Gasteiger partial charge is 0.493 e. The average molecular weight is 489 g/mol. The van der Waals surface area contributed by atoms with Gasteiger partial charge >= 0.3 is 12.0 Å². The molecule has 0 bridgehead atoms. The molecule has 10 heteroatoms. The number of benzene rings is 2. The zero-order valence-electron chi connectivity index (χ0n) is 16.4. The number of hydrogen-bond donors (Lipinski definition) is 2. The minimum Gasteiger partial charge on any atom is -0.493 e. The van der Waals surface area contributed by atoms with Crippen LogP contribution in [0.4, 0.5) is 10.5 Å². The van der Waals surface area contributed by atoms with E-state index in [1.165, 1.54) is 38.3 Å². The highest BCUT2D eigenvalue weighted by molar-refractivity contribution is 9.10. The normalized spacial score (nSPS) is 16.2. The Morgan fingerprint density at radius 3 is 2.55 bits per heavy atom. The number of aliphatic carboxylic acids is 1. The van der Waals surface area contributed by atoms with Crippen LogP contribution in [0.1, 0.15) is 12.5 Å². The molecular weight excluding hydrogens is 472 g/mol. The number of carboxylic acid groups (broad SMARTS) is 1. The Hall–Kier alpha value is -3.66. The number of methoxy groups -OCH3 is 1. The minimum atomic E-state index is -1.14. The van der Waals surface area contributed by atoms with Crippen LogP contribution in [0.3, 0.4) is 0 Å². The number of carboxylic acids is 1. The summed E-state index contributed by atoms with van der Waals surface area (Å²) in [6, 6.07) is 10.2. The first kappa shape index (κ1) is 22.0. The van der Waals surface area contributed by atoms with E-state index in [0.29, 0.717) is 15.7 Å². The third-order valence-corrected chi connectivity index (χ3v) is 4.81. The van der Waals surface area contributed by atoms with Crippen molar-refractivity contribution in [1.29, 1.82) is 0 Å². The quantitative estimate of drug-likeness (QED) is 0.473. The Labute approximate surface area is 185 Å². The van der Waals surface area contributed by atoms with Crippen molar-refractivity contribution in [3.8, 4) is 11.5 Å². The van der Waals surface area contributed by atoms with E-state index in [2.05, 4.69) is 21.2 Å². The number of imide groups is 2. The fourth-order valence-electron chi connectivity index (χ4n) is 2.79. The molecule has 9 nitrogen and oxygen atoms in total. The van der Waals surface area contributed by atoms with Gasteiger partial charge in [-0.1, -0.05) is 28.1 Å². The Kier molecular flexibility index (Phi) is 6.40. The molecular formula is C21H17BrN2O7. The van der Waals surface area contributed by atoms with Gasteiger partial charge in [0.2, 0.25) is 0 Å². The highest BCUT2D eigenvalue weighted by atomic mass is 79.9. The molecule has 1 aliphatic rings. The van der Waals surface area contributed by atoms with Gasteiger partial charge in [-0.3, -0.25) is 14.9 Å². The SMILES string of the molecule is COc1cc(/C=C2\C(=O)NC(=O)N(c3cccc(Br)c3)C2=O)ccc1O[C@@H](C)C(=O)O. The third-order valence-electron chi connectivity index (χ3n) is 4.32. The molecule has 2 N–H and O–H groups in total. The lowest BCUT2D eigenvalue weighted by Crippen LogP contribution is -2.54. The van der Waals surface area contributed by atoms with Crippen molar-refractivity contribution in [3.05, 3.63) is 58.1 Å². The van der Waals surface area contributed by atoms with Crippen LogP contribution >= 0.6 is 15.9 Å². The molecule has 4 amide bonds. The van der Waals surface area contributed by atoms with E-state index in [1.807, 2.05) is 0 Å². The van der Waals surface area contributed by atoms with Crippen LogP contribution in [0, 0.1) is 0 Å². The van der Waals surface area contributed by atoms with Gasteiger partial charge in [-0.2, -0.15) is 0 Å². The molecule has 2 aromatic rings. The fourth-order valence-corrected chi connectivity index (χ4v) is 3.17. The molecule has 1 saturated heterocycles. The number of urea groups is 1. The van der Waals surface area contributed by atoms with Crippen molar-refractivity contribution in [2.24, 2.45) is 0 Å². The molecule has 0 saturated carbocycles. The Morgan fingerprint density at radius 1 is 1.16 bits per heavy atom. The Balaban J connectivity index is 1.96. The van der Waals surface area contributed by atoms with Gasteiger partial charge in [-0.15, -0.1) is 0 Å². The molecule has 1 aliphatic heterocycles. The first-order valence-electron chi connectivity index (χ1n) is 8.95. The van der Waals surface area contributed by atoms with Gasteiger partial charge < -0.3 is 14.6 Å². The lowest BCUT2D eigenvalue weighted by atomic mass is 10.1. The smallest absolute Gasteiger partial charge is 0.344 e. The summed E-state index contributed by atoms with van der Waals surface area (Å²) in [5.74, 6) is -2.36. The maximum absolute atomic E-state index is 12.9. The second-order valence-electron chi connectivity index (χ2n) is 6.45. The second-order valence-corrected chi connectivity index (χ2v) is 7.36. The van der Waals surface area contributed by atoms with Crippen molar-refractivity contribution in [3.63, 3.8) is 0 Å². The van der Waals surface area contributed by atoms with Crippen LogP contribution in [-0.4, -0.2) is 42.1 Å². The number of carbonyl (C=O) groups is 4. The van der Waals surface area contributed by atoms with E-state index < -0.39 is 29.9 Å². The van der Waals surface area contributed by atoms with Crippen molar-refractivity contribution in [1.82, 2.24) is 5.32 Å². The number of hydrogen-bond acceptors (Lipinski definition) is 6. The summed E-state index contributed by atoms with van der Waals surface area (Å²) < 4.78 is 11.2. The molecule has 3 rings (SSSR count). The lowest BCUT2D eigenvalue weighted by molar-refractivity contribution is -0.144. The summed E-state index contributed by atoms with van der Waals surface area (Å²) in [5, 5.41) is 11.2. The topological polar surface area (TPSA) is 122 Å². The summed E-state index contributed by atoms with van der Waals surface area (Å²) in [4.78, 5) is 49.4. The van der Waals surface area contributed by atoms with Crippen LogP contribution in [0.2, 0.25) is 0 Å². The number of ether oxygens (including phenoxy) is 2. The second kappa shape index (κ2) is 9.00. The number of amides is 4. The summed E-state index contributed by atoms with van der Waals surface area (Å²) >= 11 is 3.28. The van der Waals surface area contributed by atoms with Gasteiger partial charge in [-0.05, 0) is 48.9 Å². The summed E-state index contributed by atoms with van der Waals surface area (Å²) in [7, 11) is 1.37. The number of halogens is 1. The monoisotopic (exact) mass is 488 g/mol. The van der Waals surface area contributed by atoms with E-state index in [1.54, 1.807) is 24.3 Å². The first-order chi connectivity index (χ1) is 14.7. The number of nitrogens with zero attached hydrogens (tertiary/aromatic N) is 1. The maximum atomic E-state index is 12.9. The molecule has 1 heterocycles. The number of carbonyl (C=O) groups excluding carboxylic acids is 3. The van der Waals surface area contributed by atoms with Gasteiger partial charge in [0.15, 0.2) is 17.6 Å². The average Bonchev–Trinajstić information content (AvgIpc) is 2.71. The Bertz CT molecular complexity index is 1110. The molecule has 0 spiro atoms. The third kappa shape index (κ3) is 4.75. The van der Waals surface area contributed by atoms with Crippen molar-refractivity contribution in [2.45, 2.75) is 13.0 Å². The van der Waals surface area contributed by atoms with Crippen LogP contribution in [-0.2, 0) is 14.4 Å². The van der Waals surface area contributed by atoms with Crippen molar-refractivity contribution in [2.75, 3.05) is 12.0 Å². The van der Waals surface area contributed by atoms with E-state index in [0.717, 1.165) is 4.90 Å². The van der Waals surface area contributed by atoms with Gasteiger partial charge in [0.05, 0.1) is 12.8 Å². The van der Waals surface area contributed by atoms with Crippen molar-refractivity contribution < 1.29 is 33.8 Å². The van der Waals surface area contributed by atoms with E-state index >= 15 is 0 Å². The van der Waals surface area contributed by atoms with Gasteiger partial charge in [0, 0.05) is 4.47 Å². The predicted molar refractivity (Wildman–Crippen MR) is 114 cm³/mol. The molecule has 1 atom stereocenters. The summed E-state index contributed by atoms with van der Waals surface area (Å²) in [6.07, 6.45) is 0.204. The molecule has 0 unspecified atom stereocenters. The summed E-state index contributed by atoms with van der Waals surface area (Å²) in [6.45, 7) is 1.37. The van der Waals surface area contributed by atoms with Crippen LogP contribution in [0.15, 0.2) is 52.5 Å². The van der Waals surface area contributed by atoms with Gasteiger partial charge in [0.25, 0.3) is 11.8 Å². The molecule has 0 radical (unpaired) electrons. The highest BCUT2D eigenvalue weighted by Crippen LogP contribution is 2.31. The first-order valence-corrected chi connectivity index (χ1v) is 9.75. The zero-order valence-corrected chi connectivity index (χ0v) is 18.0. The number of nitrogens with one attached hydrogen (secondary N) is 1. The Morgan fingerprint density at radius 2 is 1.90 bits per heavy atom. The molecule has 31 heavy (non-hydrogen) atoms. The fraction of sp³-hybridized carbons (Fsp3) is 0.143. The number of anilines is 1. The molecule has 1 fully saturated rings. The molecule has 160 valence electrons. The summed E-state index contributed by atoms with van der Waals surface area (Å²) in [5.41, 5.74) is 0.447. The van der Waals surface area contributed by atoms with E-state index in [4.69, 9.17) is 14.6 Å². The standard InChI is InChI=1S/C21H17BrN2O7/c1-11(20(27)28)31-16-7-6-12(9-17(16)30-2)8-15-18(25)23-21(29)24(19(15)26)14-5-3-4-13(22)10-14/h3-11H,1-2H3,(H,27,28)(H,23,25,29)/b15-8+/t11-/m0/s1.